The SMILES string of the molecule is Cc1[nH]c2ccccc2c1C(=O)[C@H](C)Oc1cccc(F)c1. The number of aromatic nitrogens is 1. The summed E-state index contributed by atoms with van der Waals surface area (Å²) >= 11 is 0. The van der Waals surface area contributed by atoms with E-state index in [1.807, 2.05) is 31.2 Å². The number of hydrogen-bond acceptors (Lipinski definition) is 2. The zero-order valence-electron chi connectivity index (χ0n) is 12.4. The van der Waals surface area contributed by atoms with Gasteiger partial charge >= 0.3 is 0 Å². The molecule has 0 spiro atoms. The van der Waals surface area contributed by atoms with E-state index in [1.165, 1.54) is 12.1 Å². The fourth-order valence-corrected chi connectivity index (χ4v) is 2.60. The maximum absolute atomic E-state index is 13.2. The van der Waals surface area contributed by atoms with E-state index in [2.05, 4.69) is 4.98 Å². The van der Waals surface area contributed by atoms with E-state index in [-0.39, 0.29) is 11.6 Å². The van der Waals surface area contributed by atoms with Gasteiger partial charge in [-0.3, -0.25) is 4.79 Å². The number of ketones is 1. The van der Waals surface area contributed by atoms with Crippen LogP contribution in [0.15, 0.2) is 48.5 Å². The van der Waals surface area contributed by atoms with Gasteiger partial charge in [0.2, 0.25) is 5.78 Å². The Kier molecular flexibility index (Phi) is 3.67. The number of ether oxygens (including phenoxy) is 1. The Morgan fingerprint density at radius 3 is 2.73 bits per heavy atom. The molecule has 3 aromatic rings. The standard InChI is InChI=1S/C18H16FNO2/c1-11-17(15-8-3-4-9-16(15)20-11)18(21)12(2)22-14-7-5-6-13(19)10-14/h3-10,12,20H,1-2H3/t12-/m0/s1. The molecular formula is C18H16FNO2. The number of aromatic amines is 1. The van der Waals surface area contributed by atoms with Crippen LogP contribution in [0.1, 0.15) is 23.0 Å². The molecule has 0 fully saturated rings. The van der Waals surface area contributed by atoms with Crippen LogP contribution in [0.5, 0.6) is 5.75 Å². The van der Waals surface area contributed by atoms with Gasteiger partial charge in [0.25, 0.3) is 0 Å². The number of Topliss-reactive ketones (excluding diaryl/α,β-unsaturated/α-hetero) is 1. The zero-order chi connectivity index (χ0) is 15.7. The summed E-state index contributed by atoms with van der Waals surface area (Å²) < 4.78 is 18.8. The second kappa shape index (κ2) is 5.64. The van der Waals surface area contributed by atoms with Crippen LogP contribution < -0.4 is 4.74 Å². The molecule has 1 heterocycles. The molecule has 2 aromatic carbocycles. The van der Waals surface area contributed by atoms with Crippen LogP contribution in [0.2, 0.25) is 0 Å². The van der Waals surface area contributed by atoms with Crippen molar-refractivity contribution >= 4 is 16.7 Å². The minimum absolute atomic E-state index is 0.126. The van der Waals surface area contributed by atoms with Gasteiger partial charge in [0.05, 0.1) is 0 Å². The molecule has 4 heteroatoms. The van der Waals surface area contributed by atoms with Crippen molar-refractivity contribution in [3.8, 4) is 5.75 Å². The van der Waals surface area contributed by atoms with E-state index < -0.39 is 6.10 Å². The summed E-state index contributed by atoms with van der Waals surface area (Å²) in [4.78, 5) is 15.9. The molecule has 22 heavy (non-hydrogen) atoms. The molecule has 0 radical (unpaired) electrons. The quantitative estimate of drug-likeness (QED) is 0.731. The minimum atomic E-state index is -0.695. The lowest BCUT2D eigenvalue weighted by Crippen LogP contribution is -2.24. The van der Waals surface area contributed by atoms with E-state index in [1.54, 1.807) is 19.1 Å². The van der Waals surface area contributed by atoms with E-state index >= 15 is 0 Å². The van der Waals surface area contributed by atoms with Crippen LogP contribution in [0.4, 0.5) is 4.39 Å². The second-order valence-corrected chi connectivity index (χ2v) is 5.25. The fourth-order valence-electron chi connectivity index (χ4n) is 2.60. The molecule has 1 atom stereocenters. The van der Waals surface area contributed by atoms with Crippen LogP contribution >= 0.6 is 0 Å². The number of benzene rings is 2. The fraction of sp³-hybridized carbons (Fsp3) is 0.167. The van der Waals surface area contributed by atoms with Crippen LogP contribution in [0, 0.1) is 12.7 Å². The lowest BCUT2D eigenvalue weighted by atomic mass is 10.0. The van der Waals surface area contributed by atoms with Crippen molar-refractivity contribution in [2.45, 2.75) is 20.0 Å². The van der Waals surface area contributed by atoms with Gasteiger partial charge < -0.3 is 9.72 Å². The maximum atomic E-state index is 13.2. The Morgan fingerprint density at radius 2 is 1.95 bits per heavy atom. The summed E-state index contributed by atoms with van der Waals surface area (Å²) in [5.41, 5.74) is 2.35. The maximum Gasteiger partial charge on any atom is 0.205 e. The van der Waals surface area contributed by atoms with Crippen molar-refractivity contribution in [2.75, 3.05) is 0 Å². The molecule has 0 saturated carbocycles. The second-order valence-electron chi connectivity index (χ2n) is 5.25. The van der Waals surface area contributed by atoms with Crippen molar-refractivity contribution in [3.05, 3.63) is 65.6 Å². The lowest BCUT2D eigenvalue weighted by Gasteiger charge is -2.14. The Balaban J connectivity index is 1.90. The number of fused-ring (bicyclic) bond motifs is 1. The number of H-pyrrole nitrogens is 1. The van der Waals surface area contributed by atoms with Crippen LogP contribution in [-0.4, -0.2) is 16.9 Å². The van der Waals surface area contributed by atoms with Crippen LogP contribution in [0.25, 0.3) is 10.9 Å². The van der Waals surface area contributed by atoms with Gasteiger partial charge in [0, 0.05) is 28.2 Å². The van der Waals surface area contributed by atoms with Gasteiger partial charge in [-0.15, -0.1) is 0 Å². The number of carbonyl (C=O) groups excluding carboxylic acids is 1. The molecular weight excluding hydrogens is 281 g/mol. The van der Waals surface area contributed by atoms with Gasteiger partial charge in [-0.1, -0.05) is 24.3 Å². The van der Waals surface area contributed by atoms with Crippen LogP contribution in [0.3, 0.4) is 0 Å². The summed E-state index contributed by atoms with van der Waals surface area (Å²) in [7, 11) is 0. The number of aryl methyl sites for hydroxylation is 1. The van der Waals surface area contributed by atoms with Crippen molar-refractivity contribution in [1.82, 2.24) is 4.98 Å². The number of halogens is 1. The smallest absolute Gasteiger partial charge is 0.205 e. The third kappa shape index (κ3) is 2.60. The Bertz CT molecular complexity index is 838. The predicted molar refractivity (Wildman–Crippen MR) is 83.9 cm³/mol. The first-order chi connectivity index (χ1) is 10.6. The first kappa shape index (κ1) is 14.3. The number of nitrogens with one attached hydrogen (secondary N) is 1. The Hall–Kier alpha value is -2.62. The van der Waals surface area contributed by atoms with Crippen molar-refractivity contribution in [1.29, 1.82) is 0 Å². The minimum Gasteiger partial charge on any atom is -0.482 e. The van der Waals surface area contributed by atoms with Crippen molar-refractivity contribution in [3.63, 3.8) is 0 Å². The average Bonchev–Trinajstić information content (AvgIpc) is 2.82. The molecule has 0 aliphatic rings. The van der Waals surface area contributed by atoms with E-state index in [9.17, 15) is 9.18 Å². The monoisotopic (exact) mass is 297 g/mol. The number of hydrogen-bond donors (Lipinski definition) is 1. The molecule has 0 unspecified atom stereocenters. The van der Waals surface area contributed by atoms with Gasteiger partial charge in [0.15, 0.2) is 6.10 Å². The molecule has 1 aromatic heterocycles. The highest BCUT2D eigenvalue weighted by molar-refractivity contribution is 6.11. The summed E-state index contributed by atoms with van der Waals surface area (Å²) in [6, 6.07) is 13.4. The summed E-state index contributed by atoms with van der Waals surface area (Å²) in [5, 5.41) is 0.875. The molecule has 0 bridgehead atoms. The summed E-state index contributed by atoms with van der Waals surface area (Å²) in [6.45, 7) is 3.54. The molecule has 112 valence electrons. The van der Waals surface area contributed by atoms with Gasteiger partial charge in [0.1, 0.15) is 11.6 Å². The first-order valence-electron chi connectivity index (χ1n) is 7.10. The Morgan fingerprint density at radius 1 is 1.18 bits per heavy atom. The van der Waals surface area contributed by atoms with Crippen LogP contribution in [-0.2, 0) is 0 Å². The topological polar surface area (TPSA) is 42.1 Å². The predicted octanol–water partition coefficient (Wildman–Crippen LogP) is 4.27. The molecule has 1 N–H and O–H groups in total. The highest BCUT2D eigenvalue weighted by atomic mass is 19.1. The largest absolute Gasteiger partial charge is 0.482 e. The highest BCUT2D eigenvalue weighted by Crippen LogP contribution is 2.24. The van der Waals surface area contributed by atoms with E-state index in [0.29, 0.717) is 11.3 Å². The zero-order valence-corrected chi connectivity index (χ0v) is 12.4. The highest BCUT2D eigenvalue weighted by Gasteiger charge is 2.22. The normalized spacial score (nSPS) is 12.3. The number of para-hydroxylation sites is 1. The van der Waals surface area contributed by atoms with E-state index in [0.717, 1.165) is 16.6 Å². The molecule has 0 saturated heterocycles. The molecule has 0 aliphatic carbocycles. The third-order valence-electron chi connectivity index (χ3n) is 3.62. The number of carbonyl (C=O) groups is 1. The molecule has 0 amide bonds. The van der Waals surface area contributed by atoms with Crippen molar-refractivity contribution < 1.29 is 13.9 Å². The molecule has 3 rings (SSSR count). The van der Waals surface area contributed by atoms with Crippen molar-refractivity contribution in [2.24, 2.45) is 0 Å². The first-order valence-corrected chi connectivity index (χ1v) is 7.10. The summed E-state index contributed by atoms with van der Waals surface area (Å²) in [5.74, 6) is -0.169. The van der Waals surface area contributed by atoms with Gasteiger partial charge in [-0.2, -0.15) is 0 Å². The van der Waals surface area contributed by atoms with Gasteiger partial charge in [-0.25, -0.2) is 4.39 Å². The summed E-state index contributed by atoms with van der Waals surface area (Å²) in [6.07, 6.45) is -0.695. The molecule has 3 nitrogen and oxygen atoms in total. The average molecular weight is 297 g/mol. The Labute approximate surface area is 127 Å². The lowest BCUT2D eigenvalue weighted by molar-refractivity contribution is 0.0818. The third-order valence-corrected chi connectivity index (χ3v) is 3.62. The molecule has 0 aliphatic heterocycles. The van der Waals surface area contributed by atoms with Gasteiger partial charge in [-0.05, 0) is 32.0 Å². The van der Waals surface area contributed by atoms with E-state index in [4.69, 9.17) is 4.74 Å². The number of rotatable bonds is 4.